The van der Waals surface area contributed by atoms with Crippen LogP contribution in [0.15, 0.2) is 72.8 Å². The topological polar surface area (TPSA) is 144 Å². The summed E-state index contributed by atoms with van der Waals surface area (Å²) in [7, 11) is 0. The molecule has 0 fully saturated rings. The van der Waals surface area contributed by atoms with Gasteiger partial charge < -0.3 is 15.3 Å². The number of hydrogen-bond acceptors (Lipinski definition) is 7. The lowest BCUT2D eigenvalue weighted by Crippen LogP contribution is -2.17. The number of nitrogens with one attached hydrogen (secondary N) is 2. The molecule has 0 spiro atoms. The largest absolute Gasteiger partial charge is 0.507 e. The molecule has 0 aliphatic rings. The van der Waals surface area contributed by atoms with E-state index in [2.05, 4.69) is 126 Å². The molecular weight excluding hydrogens is 720 g/mol. The van der Waals surface area contributed by atoms with Crippen LogP contribution in [0.3, 0.4) is 0 Å². The predicted octanol–water partition coefficient (Wildman–Crippen LogP) is 11.9. The van der Waals surface area contributed by atoms with Gasteiger partial charge in [0.25, 0.3) is 0 Å². The second kappa shape index (κ2) is 14.3. The summed E-state index contributed by atoms with van der Waals surface area (Å²) in [6.07, 6.45) is 0. The number of halogens is 1. The van der Waals surface area contributed by atoms with Crippen LogP contribution in [0, 0.1) is 0 Å². The Morgan fingerprint density at radius 2 is 0.911 bits per heavy atom. The Morgan fingerprint density at radius 3 is 1.38 bits per heavy atom. The Hall–Kier alpha value is -5.41. The highest BCUT2D eigenvalue weighted by atomic mass is 35.5. The van der Waals surface area contributed by atoms with Gasteiger partial charge in [-0.2, -0.15) is 30.8 Å². The van der Waals surface area contributed by atoms with Gasteiger partial charge in [0.15, 0.2) is 0 Å². The highest BCUT2D eigenvalue weighted by Gasteiger charge is 2.29. The lowest BCUT2D eigenvalue weighted by molar-refractivity contribution is 0.446. The molecule has 2 aromatic heterocycles. The number of aromatic amines is 2. The molecule has 5 N–H and O–H groups in total. The summed E-state index contributed by atoms with van der Waals surface area (Å²) >= 11 is 6.51. The van der Waals surface area contributed by atoms with Crippen LogP contribution in [-0.2, 0) is 21.7 Å². The fourth-order valence-electron chi connectivity index (χ4n) is 6.91. The summed E-state index contributed by atoms with van der Waals surface area (Å²) in [5.41, 5.74) is 10.4. The number of para-hydroxylation sites is 1. The van der Waals surface area contributed by atoms with Crippen LogP contribution in [-0.4, -0.2) is 46.1 Å². The first-order valence-corrected chi connectivity index (χ1v) is 19.2. The summed E-state index contributed by atoms with van der Waals surface area (Å²) in [6, 6.07) is 22.9. The quantitative estimate of drug-likeness (QED) is 0.120. The Bertz CT molecular complexity index is 2580. The molecule has 0 bridgehead atoms. The number of benzene rings is 5. The summed E-state index contributed by atoms with van der Waals surface area (Å²) in [5, 5.41) is 56.1. The third-order valence-electron chi connectivity index (χ3n) is 10.2. The van der Waals surface area contributed by atoms with Crippen molar-refractivity contribution in [3.8, 4) is 50.6 Å². The van der Waals surface area contributed by atoms with E-state index in [-0.39, 0.29) is 38.9 Å². The van der Waals surface area contributed by atoms with Crippen molar-refractivity contribution < 1.29 is 15.3 Å². The minimum absolute atomic E-state index is 0.0629. The van der Waals surface area contributed by atoms with Crippen molar-refractivity contribution in [1.82, 2.24) is 30.8 Å². The van der Waals surface area contributed by atoms with Crippen molar-refractivity contribution in [3.05, 3.63) is 100 Å². The molecule has 10 heteroatoms. The van der Waals surface area contributed by atoms with Crippen LogP contribution in [0.4, 0.5) is 0 Å². The number of aromatic nitrogens is 6. The van der Waals surface area contributed by atoms with Gasteiger partial charge in [0.1, 0.15) is 39.3 Å². The molecule has 5 aromatic carbocycles. The first-order chi connectivity index (χ1) is 26.0. The number of aromatic hydroxyl groups is 3. The molecule has 9 nitrogen and oxygen atoms in total. The van der Waals surface area contributed by atoms with Crippen molar-refractivity contribution in [1.29, 1.82) is 0 Å². The van der Waals surface area contributed by atoms with E-state index < -0.39 is 0 Å². The van der Waals surface area contributed by atoms with E-state index in [1.807, 2.05) is 42.5 Å². The third-order valence-corrected chi connectivity index (χ3v) is 10.5. The molecule has 0 amide bonds. The third kappa shape index (κ3) is 7.69. The molecule has 0 aliphatic heterocycles. The average Bonchev–Trinajstić information content (AvgIpc) is 3.77. The summed E-state index contributed by atoms with van der Waals surface area (Å²) in [6.45, 7) is 25.5. The first-order valence-electron chi connectivity index (χ1n) is 18.9. The monoisotopic (exact) mass is 772 g/mol. The summed E-state index contributed by atoms with van der Waals surface area (Å²) < 4.78 is 0. The lowest BCUT2D eigenvalue weighted by atomic mass is 9.77. The van der Waals surface area contributed by atoms with E-state index in [0.29, 0.717) is 43.8 Å². The predicted molar refractivity (Wildman–Crippen MR) is 229 cm³/mol. The maximum absolute atomic E-state index is 11.5. The van der Waals surface area contributed by atoms with E-state index >= 15 is 0 Å². The second-order valence-corrected chi connectivity index (χ2v) is 19.1. The number of fused-ring (bicyclic) bond motifs is 2. The normalized spacial score (nSPS) is 12.6. The molecule has 292 valence electrons. The molecule has 2 heterocycles. The van der Waals surface area contributed by atoms with Gasteiger partial charge in [-0.1, -0.05) is 131 Å². The van der Waals surface area contributed by atoms with Crippen LogP contribution in [0.5, 0.6) is 17.2 Å². The zero-order valence-corrected chi connectivity index (χ0v) is 35.2. The van der Waals surface area contributed by atoms with E-state index in [0.717, 1.165) is 38.9 Å². The molecule has 0 saturated carbocycles. The molecule has 7 rings (SSSR count). The minimum Gasteiger partial charge on any atom is -0.507 e. The zero-order valence-electron chi connectivity index (χ0n) is 34.4. The van der Waals surface area contributed by atoms with Gasteiger partial charge in [-0.15, -0.1) is 0 Å². The molecule has 0 radical (unpaired) electrons. The molecule has 0 aliphatic carbocycles. The number of phenols is 3. The van der Waals surface area contributed by atoms with Crippen LogP contribution in [0.1, 0.15) is 105 Å². The van der Waals surface area contributed by atoms with Crippen molar-refractivity contribution in [2.24, 2.45) is 0 Å². The van der Waals surface area contributed by atoms with Gasteiger partial charge in [-0.05, 0) is 74.7 Å². The van der Waals surface area contributed by atoms with E-state index in [9.17, 15) is 15.3 Å². The van der Waals surface area contributed by atoms with Crippen molar-refractivity contribution in [2.45, 2.75) is 105 Å². The molecule has 0 saturated heterocycles. The lowest BCUT2D eigenvalue weighted by Gasteiger charge is -2.28. The van der Waals surface area contributed by atoms with Crippen LogP contribution in [0.2, 0.25) is 5.02 Å². The van der Waals surface area contributed by atoms with Gasteiger partial charge in [0, 0.05) is 38.9 Å². The smallest absolute Gasteiger partial charge is 0.127 e. The average molecular weight is 773 g/mol. The number of hydrogen-bond donors (Lipinski definition) is 5. The van der Waals surface area contributed by atoms with Crippen molar-refractivity contribution in [2.75, 3.05) is 0 Å². The van der Waals surface area contributed by atoms with Crippen LogP contribution in [0.25, 0.3) is 55.4 Å². The number of nitrogens with zero attached hydrogens (tertiary/aromatic N) is 4. The fraction of sp³-hybridized carbons (Fsp3) is 0.348. The molecule has 56 heavy (non-hydrogen) atoms. The van der Waals surface area contributed by atoms with Gasteiger partial charge >= 0.3 is 0 Å². The van der Waals surface area contributed by atoms with Gasteiger partial charge in [0.2, 0.25) is 0 Å². The summed E-state index contributed by atoms with van der Waals surface area (Å²) in [4.78, 5) is 0. The highest BCUT2D eigenvalue weighted by Crippen LogP contribution is 2.48. The van der Waals surface area contributed by atoms with Crippen LogP contribution >= 0.6 is 11.6 Å². The minimum atomic E-state index is -0.257. The first kappa shape index (κ1) is 40.3. The van der Waals surface area contributed by atoms with Gasteiger partial charge in [-0.25, -0.2) is 0 Å². The van der Waals surface area contributed by atoms with Gasteiger partial charge in [-0.3, -0.25) is 0 Å². The summed E-state index contributed by atoms with van der Waals surface area (Å²) in [5.74, 6) is 0.652. The fourth-order valence-corrected chi connectivity index (χ4v) is 7.17. The molecule has 0 unspecified atom stereocenters. The Labute approximate surface area is 334 Å². The Kier molecular flexibility index (Phi) is 10.3. The molecule has 0 atom stereocenters. The van der Waals surface area contributed by atoms with Crippen molar-refractivity contribution in [3.63, 3.8) is 0 Å². The molecule has 7 aromatic rings. The number of phenolic OH excluding ortho intramolecular Hbond substituents is 3. The number of H-pyrrole nitrogens is 2. The Morgan fingerprint density at radius 1 is 0.464 bits per heavy atom. The highest BCUT2D eigenvalue weighted by molar-refractivity contribution is 6.35. The van der Waals surface area contributed by atoms with E-state index in [4.69, 9.17) is 11.6 Å². The molecular formula is C46H53ClN6O3. The number of rotatable bonds is 3. The van der Waals surface area contributed by atoms with E-state index in [1.54, 1.807) is 18.2 Å². The Balaban J connectivity index is 0.000000194. The van der Waals surface area contributed by atoms with Crippen LogP contribution < -0.4 is 0 Å². The standard InChI is InChI=1S/C26H29N3O2.C20H24ClN3O/c1-25(2,3)15-13-18(24(31)19(14-15)26(4,5)6)22-17(16-9-7-8-10-21(16)30)11-12-20-23(22)28-29-27-20;1-19(2,3)11-9-12(18(25)13(10-11)20(4,5)6)16-14(21)7-8-15-17(16)23-24-22-15/h7-14,30-31H,1-6H3,(H,27,28,29);7-10,25H,1-6H3,(H,22,23,24). The second-order valence-electron chi connectivity index (χ2n) is 18.7. The van der Waals surface area contributed by atoms with Crippen molar-refractivity contribution >= 4 is 33.7 Å². The zero-order chi connectivity index (χ0) is 41.1. The van der Waals surface area contributed by atoms with E-state index in [1.165, 1.54) is 0 Å². The maximum atomic E-state index is 11.5. The SMILES string of the molecule is CC(C)(C)c1cc(-c2c(-c3ccccc3O)ccc3n[nH]nc23)c(O)c(C(C)(C)C)c1.CC(C)(C)c1cc(-c2c(Cl)ccc3n[nH]nc23)c(O)c(C(C)(C)C)c1. The maximum Gasteiger partial charge on any atom is 0.127 e. The van der Waals surface area contributed by atoms with Gasteiger partial charge in [0.05, 0.1) is 5.02 Å².